The largest absolute Gasteiger partial charge is 0.368 e. The van der Waals surface area contributed by atoms with Crippen LogP contribution in [-0.2, 0) is 16.0 Å². The molecule has 2 amide bonds. The molecule has 5 heteroatoms. The van der Waals surface area contributed by atoms with Crippen molar-refractivity contribution in [3.63, 3.8) is 0 Å². The SMILES string of the molecule is Cc1ccc(CC(=O)N2CCNCC2C(N)=O)cc1C. The van der Waals surface area contributed by atoms with Gasteiger partial charge < -0.3 is 16.0 Å². The minimum Gasteiger partial charge on any atom is -0.368 e. The number of piperazine rings is 1. The Balaban J connectivity index is 2.09. The summed E-state index contributed by atoms with van der Waals surface area (Å²) in [5, 5.41) is 3.09. The average molecular weight is 275 g/mol. The fraction of sp³-hybridized carbons (Fsp3) is 0.467. The molecule has 0 saturated carbocycles. The van der Waals surface area contributed by atoms with Gasteiger partial charge in [0, 0.05) is 19.6 Å². The minimum atomic E-state index is -0.539. The summed E-state index contributed by atoms with van der Waals surface area (Å²) in [7, 11) is 0. The summed E-state index contributed by atoms with van der Waals surface area (Å²) >= 11 is 0. The molecule has 1 aliphatic heterocycles. The summed E-state index contributed by atoms with van der Waals surface area (Å²) in [5.74, 6) is -0.496. The number of carbonyl (C=O) groups excluding carboxylic acids is 2. The molecule has 1 saturated heterocycles. The highest BCUT2D eigenvalue weighted by Gasteiger charge is 2.30. The first-order chi connectivity index (χ1) is 9.49. The topological polar surface area (TPSA) is 75.4 Å². The van der Waals surface area contributed by atoms with Crippen LogP contribution >= 0.6 is 0 Å². The lowest BCUT2D eigenvalue weighted by Gasteiger charge is -2.34. The predicted octanol–water partition coefficient (Wildman–Crippen LogP) is 0.132. The quantitative estimate of drug-likeness (QED) is 0.823. The van der Waals surface area contributed by atoms with Crippen LogP contribution in [0.2, 0.25) is 0 Å². The van der Waals surface area contributed by atoms with Gasteiger partial charge in [0.1, 0.15) is 6.04 Å². The van der Waals surface area contributed by atoms with Crippen molar-refractivity contribution in [1.29, 1.82) is 0 Å². The van der Waals surface area contributed by atoms with Crippen LogP contribution in [0.25, 0.3) is 0 Å². The van der Waals surface area contributed by atoms with Crippen molar-refractivity contribution in [2.75, 3.05) is 19.6 Å². The fourth-order valence-corrected chi connectivity index (χ4v) is 2.45. The van der Waals surface area contributed by atoms with Crippen LogP contribution < -0.4 is 11.1 Å². The van der Waals surface area contributed by atoms with Crippen LogP contribution in [0.1, 0.15) is 16.7 Å². The van der Waals surface area contributed by atoms with E-state index in [1.54, 1.807) is 4.90 Å². The van der Waals surface area contributed by atoms with Crippen LogP contribution in [-0.4, -0.2) is 42.4 Å². The van der Waals surface area contributed by atoms with Crippen molar-refractivity contribution < 1.29 is 9.59 Å². The van der Waals surface area contributed by atoms with Crippen molar-refractivity contribution >= 4 is 11.8 Å². The summed E-state index contributed by atoms with van der Waals surface area (Å²) in [6, 6.07) is 5.46. The maximum Gasteiger partial charge on any atom is 0.241 e. The number of aryl methyl sites for hydroxylation is 2. The molecule has 1 atom stereocenters. The first kappa shape index (κ1) is 14.5. The van der Waals surface area contributed by atoms with E-state index < -0.39 is 11.9 Å². The smallest absolute Gasteiger partial charge is 0.241 e. The Morgan fingerprint density at radius 1 is 1.35 bits per heavy atom. The number of rotatable bonds is 3. The van der Waals surface area contributed by atoms with Gasteiger partial charge in [-0.1, -0.05) is 18.2 Å². The monoisotopic (exact) mass is 275 g/mol. The number of benzene rings is 1. The number of nitrogens with one attached hydrogen (secondary N) is 1. The lowest BCUT2D eigenvalue weighted by molar-refractivity contribution is -0.139. The van der Waals surface area contributed by atoms with Crippen molar-refractivity contribution in [3.05, 3.63) is 34.9 Å². The zero-order valence-electron chi connectivity index (χ0n) is 12.0. The van der Waals surface area contributed by atoms with Gasteiger partial charge in [-0.05, 0) is 30.5 Å². The first-order valence-electron chi connectivity index (χ1n) is 6.84. The molecule has 3 N–H and O–H groups in total. The van der Waals surface area contributed by atoms with Gasteiger partial charge in [0.25, 0.3) is 0 Å². The van der Waals surface area contributed by atoms with E-state index >= 15 is 0 Å². The van der Waals surface area contributed by atoms with Crippen LogP contribution in [0.3, 0.4) is 0 Å². The Morgan fingerprint density at radius 2 is 2.10 bits per heavy atom. The molecule has 1 fully saturated rings. The normalized spacial score (nSPS) is 18.9. The zero-order valence-corrected chi connectivity index (χ0v) is 12.0. The Labute approximate surface area is 119 Å². The Kier molecular flexibility index (Phi) is 4.39. The Morgan fingerprint density at radius 3 is 2.75 bits per heavy atom. The van der Waals surface area contributed by atoms with E-state index in [9.17, 15) is 9.59 Å². The van der Waals surface area contributed by atoms with Crippen LogP contribution in [0.4, 0.5) is 0 Å². The maximum absolute atomic E-state index is 12.4. The molecular weight excluding hydrogens is 254 g/mol. The lowest BCUT2D eigenvalue weighted by atomic mass is 10.0. The Bertz CT molecular complexity index is 528. The second-order valence-electron chi connectivity index (χ2n) is 5.30. The highest BCUT2D eigenvalue weighted by molar-refractivity contribution is 5.88. The summed E-state index contributed by atoms with van der Waals surface area (Å²) in [6.45, 7) is 5.73. The van der Waals surface area contributed by atoms with Gasteiger partial charge in [-0.3, -0.25) is 9.59 Å². The van der Waals surface area contributed by atoms with Crippen LogP contribution in [0.5, 0.6) is 0 Å². The van der Waals surface area contributed by atoms with E-state index in [0.717, 1.165) is 5.56 Å². The molecule has 0 spiro atoms. The van der Waals surface area contributed by atoms with E-state index in [-0.39, 0.29) is 5.91 Å². The number of nitrogens with zero attached hydrogens (tertiary/aromatic N) is 1. The molecule has 5 nitrogen and oxygen atoms in total. The lowest BCUT2D eigenvalue weighted by Crippen LogP contribution is -2.59. The first-order valence-corrected chi connectivity index (χ1v) is 6.84. The highest BCUT2D eigenvalue weighted by atomic mass is 16.2. The van der Waals surface area contributed by atoms with Gasteiger partial charge in [0.15, 0.2) is 0 Å². The number of nitrogens with two attached hydrogens (primary N) is 1. The highest BCUT2D eigenvalue weighted by Crippen LogP contribution is 2.13. The van der Waals surface area contributed by atoms with Gasteiger partial charge in [0.05, 0.1) is 6.42 Å². The predicted molar refractivity (Wildman–Crippen MR) is 77.2 cm³/mol. The molecule has 0 bridgehead atoms. The molecule has 1 heterocycles. The third-order valence-corrected chi connectivity index (χ3v) is 3.82. The molecule has 0 radical (unpaired) electrons. The van der Waals surface area contributed by atoms with Gasteiger partial charge in [-0.25, -0.2) is 0 Å². The molecule has 20 heavy (non-hydrogen) atoms. The third kappa shape index (κ3) is 3.17. The van der Waals surface area contributed by atoms with Gasteiger partial charge >= 0.3 is 0 Å². The summed E-state index contributed by atoms with van der Waals surface area (Å²) in [4.78, 5) is 25.4. The molecule has 0 aliphatic carbocycles. The summed E-state index contributed by atoms with van der Waals surface area (Å²) < 4.78 is 0. The van der Waals surface area contributed by atoms with Crippen molar-refractivity contribution in [2.45, 2.75) is 26.3 Å². The van der Waals surface area contributed by atoms with Gasteiger partial charge in [-0.2, -0.15) is 0 Å². The molecule has 1 aromatic carbocycles. The van der Waals surface area contributed by atoms with Gasteiger partial charge in [0.2, 0.25) is 11.8 Å². The Hall–Kier alpha value is -1.88. The van der Waals surface area contributed by atoms with Crippen molar-refractivity contribution in [1.82, 2.24) is 10.2 Å². The molecular formula is C15H21N3O2. The number of primary amides is 1. The van der Waals surface area contributed by atoms with Crippen LogP contribution in [0.15, 0.2) is 18.2 Å². The summed E-state index contributed by atoms with van der Waals surface area (Å²) in [5.41, 5.74) is 8.71. The molecule has 108 valence electrons. The number of amides is 2. The van der Waals surface area contributed by atoms with E-state index in [0.29, 0.717) is 26.1 Å². The number of hydrogen-bond donors (Lipinski definition) is 2. The molecule has 1 aromatic rings. The van der Waals surface area contributed by atoms with Crippen molar-refractivity contribution in [2.24, 2.45) is 5.73 Å². The number of carbonyl (C=O) groups is 2. The van der Waals surface area contributed by atoms with E-state index in [2.05, 4.69) is 5.32 Å². The van der Waals surface area contributed by atoms with E-state index in [4.69, 9.17) is 5.73 Å². The molecule has 1 aliphatic rings. The maximum atomic E-state index is 12.4. The van der Waals surface area contributed by atoms with Crippen LogP contribution in [0, 0.1) is 13.8 Å². The molecule has 2 rings (SSSR count). The van der Waals surface area contributed by atoms with E-state index in [1.165, 1.54) is 11.1 Å². The fourth-order valence-electron chi connectivity index (χ4n) is 2.45. The van der Waals surface area contributed by atoms with E-state index in [1.807, 2.05) is 32.0 Å². The average Bonchev–Trinajstić information content (AvgIpc) is 2.43. The third-order valence-electron chi connectivity index (χ3n) is 3.82. The molecule has 1 unspecified atom stereocenters. The second kappa shape index (κ2) is 6.05. The van der Waals surface area contributed by atoms with Crippen molar-refractivity contribution in [3.8, 4) is 0 Å². The summed E-state index contributed by atoms with van der Waals surface area (Å²) in [6.07, 6.45) is 0.310. The molecule has 0 aromatic heterocycles. The number of hydrogen-bond acceptors (Lipinski definition) is 3. The second-order valence-corrected chi connectivity index (χ2v) is 5.30. The minimum absolute atomic E-state index is 0.0430. The standard InChI is InChI=1S/C15H21N3O2/c1-10-3-4-12(7-11(10)2)8-14(19)18-6-5-17-9-13(18)15(16)20/h3-4,7,13,17H,5-6,8-9H2,1-2H3,(H2,16,20). The van der Waals surface area contributed by atoms with Gasteiger partial charge in [-0.15, -0.1) is 0 Å². The zero-order chi connectivity index (χ0) is 14.7.